The highest BCUT2D eigenvalue weighted by atomic mass is 15.3. The van der Waals surface area contributed by atoms with Crippen LogP contribution in [-0.2, 0) is 0 Å². The number of H-pyrrole nitrogens is 1. The Kier molecular flexibility index (Phi) is 3.71. The van der Waals surface area contributed by atoms with Crippen LogP contribution in [0.1, 0.15) is 39.0 Å². The first kappa shape index (κ1) is 13.1. The molecular formula is C14H22N6. The van der Waals surface area contributed by atoms with E-state index in [9.17, 15) is 0 Å². The summed E-state index contributed by atoms with van der Waals surface area (Å²) < 4.78 is 0. The maximum absolute atomic E-state index is 4.68. The largest absolute Gasteiger partial charge is 0.357 e. The maximum atomic E-state index is 4.68. The number of nitrogens with one attached hydrogen (secondary N) is 2. The molecule has 2 aromatic heterocycles. The fourth-order valence-electron chi connectivity index (χ4n) is 3.12. The Labute approximate surface area is 119 Å². The average molecular weight is 274 g/mol. The van der Waals surface area contributed by atoms with Crippen LogP contribution in [-0.4, -0.2) is 39.8 Å². The first-order chi connectivity index (χ1) is 9.83. The van der Waals surface area contributed by atoms with Crippen LogP contribution < -0.4 is 10.2 Å². The van der Waals surface area contributed by atoms with Crippen LogP contribution >= 0.6 is 0 Å². The van der Waals surface area contributed by atoms with Gasteiger partial charge in [-0.05, 0) is 19.8 Å². The Morgan fingerprint density at radius 2 is 2.10 bits per heavy atom. The summed E-state index contributed by atoms with van der Waals surface area (Å²) in [7, 11) is 1.85. The molecule has 0 aliphatic heterocycles. The van der Waals surface area contributed by atoms with Crippen LogP contribution in [0.25, 0.3) is 11.0 Å². The highest BCUT2D eigenvalue weighted by Gasteiger charge is 2.23. The van der Waals surface area contributed by atoms with Crippen molar-refractivity contribution < 1.29 is 0 Å². The monoisotopic (exact) mass is 274 g/mol. The molecule has 6 nitrogen and oxygen atoms in total. The zero-order chi connectivity index (χ0) is 13.9. The van der Waals surface area contributed by atoms with Crippen LogP contribution in [0.3, 0.4) is 0 Å². The standard InChI is InChI=1S/C14H22N6/c1-3-20(10-7-5-4-6-8-10)13-11-9-16-19-12(11)17-14(15-2)18-13/h9-10H,3-8H2,1-2H3,(H2,15,16,17,18,19). The van der Waals surface area contributed by atoms with Gasteiger partial charge in [-0.25, -0.2) is 0 Å². The summed E-state index contributed by atoms with van der Waals surface area (Å²) in [6.45, 7) is 3.16. The molecule has 0 spiro atoms. The molecule has 2 aromatic rings. The third-order valence-corrected chi connectivity index (χ3v) is 4.14. The van der Waals surface area contributed by atoms with Gasteiger partial charge in [0.1, 0.15) is 5.82 Å². The molecule has 1 saturated carbocycles. The van der Waals surface area contributed by atoms with Gasteiger partial charge in [0.25, 0.3) is 0 Å². The van der Waals surface area contributed by atoms with Crippen LogP contribution in [0, 0.1) is 0 Å². The summed E-state index contributed by atoms with van der Waals surface area (Å²) in [5, 5.41) is 11.1. The fourth-order valence-corrected chi connectivity index (χ4v) is 3.12. The molecule has 108 valence electrons. The molecule has 0 bridgehead atoms. The number of aromatic amines is 1. The van der Waals surface area contributed by atoms with Gasteiger partial charge in [0, 0.05) is 19.6 Å². The highest BCUT2D eigenvalue weighted by Crippen LogP contribution is 2.30. The molecule has 0 amide bonds. The van der Waals surface area contributed by atoms with Crippen molar-refractivity contribution in [1.29, 1.82) is 0 Å². The fraction of sp³-hybridized carbons (Fsp3) is 0.643. The average Bonchev–Trinajstić information content (AvgIpc) is 2.97. The van der Waals surface area contributed by atoms with Crippen molar-refractivity contribution >= 4 is 22.8 Å². The lowest BCUT2D eigenvalue weighted by atomic mass is 9.94. The summed E-state index contributed by atoms with van der Waals surface area (Å²) in [5.41, 5.74) is 0.800. The van der Waals surface area contributed by atoms with Crippen molar-refractivity contribution in [3.63, 3.8) is 0 Å². The molecule has 6 heteroatoms. The molecule has 2 heterocycles. The first-order valence-electron chi connectivity index (χ1n) is 7.49. The summed E-state index contributed by atoms with van der Waals surface area (Å²) in [5.74, 6) is 1.65. The van der Waals surface area contributed by atoms with E-state index >= 15 is 0 Å². The Hall–Kier alpha value is -1.85. The Balaban J connectivity index is 2.03. The van der Waals surface area contributed by atoms with Gasteiger partial charge in [0.05, 0.1) is 11.6 Å². The van der Waals surface area contributed by atoms with Crippen molar-refractivity contribution in [2.75, 3.05) is 23.8 Å². The number of nitrogens with zero attached hydrogens (tertiary/aromatic N) is 4. The van der Waals surface area contributed by atoms with Crippen LogP contribution in [0.4, 0.5) is 11.8 Å². The van der Waals surface area contributed by atoms with Gasteiger partial charge in [0.15, 0.2) is 5.65 Å². The SMILES string of the molecule is CCN(c1nc(NC)nc2[nH]ncc12)C1CCCCC1. The molecule has 20 heavy (non-hydrogen) atoms. The summed E-state index contributed by atoms with van der Waals surface area (Å²) >= 11 is 0. The zero-order valence-electron chi connectivity index (χ0n) is 12.2. The zero-order valence-corrected chi connectivity index (χ0v) is 12.2. The lowest BCUT2D eigenvalue weighted by molar-refractivity contribution is 0.417. The summed E-state index contributed by atoms with van der Waals surface area (Å²) in [6.07, 6.45) is 8.34. The molecule has 0 atom stereocenters. The molecule has 3 rings (SSSR count). The molecule has 1 aliphatic rings. The van der Waals surface area contributed by atoms with Crippen molar-refractivity contribution in [1.82, 2.24) is 20.2 Å². The molecule has 0 aromatic carbocycles. The molecule has 0 unspecified atom stereocenters. The van der Waals surface area contributed by atoms with Crippen molar-refractivity contribution in [3.05, 3.63) is 6.20 Å². The van der Waals surface area contributed by atoms with Crippen LogP contribution in [0.5, 0.6) is 0 Å². The van der Waals surface area contributed by atoms with E-state index in [-0.39, 0.29) is 0 Å². The highest BCUT2D eigenvalue weighted by molar-refractivity contribution is 5.87. The van der Waals surface area contributed by atoms with Gasteiger partial charge in [-0.15, -0.1) is 0 Å². The van der Waals surface area contributed by atoms with Gasteiger partial charge in [-0.2, -0.15) is 15.1 Å². The minimum absolute atomic E-state index is 0.589. The number of hydrogen-bond donors (Lipinski definition) is 2. The lowest BCUT2D eigenvalue weighted by Gasteiger charge is -2.34. The Morgan fingerprint density at radius 1 is 1.30 bits per heavy atom. The van der Waals surface area contributed by atoms with E-state index in [1.165, 1.54) is 32.1 Å². The van der Waals surface area contributed by atoms with E-state index in [0.29, 0.717) is 12.0 Å². The van der Waals surface area contributed by atoms with E-state index in [1.54, 1.807) is 0 Å². The second kappa shape index (κ2) is 5.64. The second-order valence-electron chi connectivity index (χ2n) is 5.33. The molecule has 0 saturated heterocycles. The topological polar surface area (TPSA) is 69.7 Å². The van der Waals surface area contributed by atoms with E-state index in [4.69, 9.17) is 0 Å². The normalized spacial score (nSPS) is 16.5. The van der Waals surface area contributed by atoms with Crippen LogP contribution in [0.15, 0.2) is 6.20 Å². The second-order valence-corrected chi connectivity index (χ2v) is 5.33. The van der Waals surface area contributed by atoms with E-state index < -0.39 is 0 Å². The van der Waals surface area contributed by atoms with Gasteiger partial charge in [-0.3, -0.25) is 5.10 Å². The van der Waals surface area contributed by atoms with Crippen molar-refractivity contribution in [2.24, 2.45) is 0 Å². The Morgan fingerprint density at radius 3 is 2.80 bits per heavy atom. The molecule has 0 radical (unpaired) electrons. The number of anilines is 2. The number of fused-ring (bicyclic) bond motifs is 1. The smallest absolute Gasteiger partial charge is 0.226 e. The third-order valence-electron chi connectivity index (χ3n) is 4.14. The lowest BCUT2D eigenvalue weighted by Crippen LogP contribution is -2.37. The molecule has 1 aliphatic carbocycles. The minimum atomic E-state index is 0.589. The number of rotatable bonds is 4. The first-order valence-corrected chi connectivity index (χ1v) is 7.49. The van der Waals surface area contributed by atoms with E-state index in [1.807, 2.05) is 13.2 Å². The summed E-state index contributed by atoms with van der Waals surface area (Å²) in [6, 6.07) is 0.589. The van der Waals surface area contributed by atoms with Gasteiger partial charge in [-0.1, -0.05) is 19.3 Å². The third kappa shape index (κ3) is 2.30. The Bertz CT molecular complexity index is 572. The van der Waals surface area contributed by atoms with Gasteiger partial charge < -0.3 is 10.2 Å². The van der Waals surface area contributed by atoms with E-state index in [0.717, 1.165) is 23.4 Å². The van der Waals surface area contributed by atoms with Gasteiger partial charge >= 0.3 is 0 Å². The van der Waals surface area contributed by atoms with Crippen molar-refractivity contribution in [2.45, 2.75) is 45.1 Å². The quantitative estimate of drug-likeness (QED) is 0.896. The minimum Gasteiger partial charge on any atom is -0.357 e. The van der Waals surface area contributed by atoms with Crippen molar-refractivity contribution in [3.8, 4) is 0 Å². The predicted octanol–water partition coefficient (Wildman–Crippen LogP) is 2.55. The predicted molar refractivity (Wildman–Crippen MR) is 81.1 cm³/mol. The van der Waals surface area contributed by atoms with E-state index in [2.05, 4.69) is 37.3 Å². The van der Waals surface area contributed by atoms with Crippen LogP contribution in [0.2, 0.25) is 0 Å². The maximum Gasteiger partial charge on any atom is 0.226 e. The number of aromatic nitrogens is 4. The summed E-state index contributed by atoms with van der Waals surface area (Å²) in [4.78, 5) is 11.5. The number of hydrogen-bond acceptors (Lipinski definition) is 5. The molecule has 1 fully saturated rings. The molecular weight excluding hydrogens is 252 g/mol. The molecule has 2 N–H and O–H groups in total. The van der Waals surface area contributed by atoms with Gasteiger partial charge in [0.2, 0.25) is 5.95 Å².